The second-order valence-corrected chi connectivity index (χ2v) is 13.0. The number of nitrogens with zero attached hydrogens (tertiary/aromatic N) is 2. The fourth-order valence-corrected chi connectivity index (χ4v) is 5.63. The molecule has 0 saturated carbocycles. The molecule has 232 valence electrons. The van der Waals surface area contributed by atoms with Crippen molar-refractivity contribution in [1.29, 1.82) is 0 Å². The number of fused-ring (bicyclic) bond motifs is 2. The zero-order valence-electron chi connectivity index (χ0n) is 25.5. The molecule has 4 aromatic heterocycles. The van der Waals surface area contributed by atoms with Gasteiger partial charge >= 0.3 is 24.1 Å². The first kappa shape index (κ1) is 33.5. The van der Waals surface area contributed by atoms with E-state index in [2.05, 4.69) is 0 Å². The maximum absolute atomic E-state index is 12.2. The van der Waals surface area contributed by atoms with Crippen molar-refractivity contribution < 1.29 is 42.9 Å². The molecule has 0 amide bonds. The van der Waals surface area contributed by atoms with Gasteiger partial charge in [0.05, 0.1) is 25.2 Å². The molecule has 0 aromatic carbocycles. The number of thiophene rings is 2. The predicted octanol–water partition coefficient (Wildman–Crippen LogP) is 6.82. The van der Waals surface area contributed by atoms with Gasteiger partial charge in [-0.3, -0.25) is 9.59 Å². The number of aromatic nitrogens is 2. The summed E-state index contributed by atoms with van der Waals surface area (Å²) in [4.78, 5) is 61.2. The number of Topliss-reactive ketones (excluding diaryl/α,β-unsaturated/α-hetero) is 1. The molecule has 0 aliphatic carbocycles. The molecule has 0 saturated heterocycles. The average molecular weight is 633 g/mol. The zero-order chi connectivity index (χ0) is 32.1. The lowest BCUT2D eigenvalue weighted by molar-refractivity contribution is -0.142. The lowest BCUT2D eigenvalue weighted by Crippen LogP contribution is -2.26. The molecule has 4 rings (SSSR count). The average Bonchev–Trinajstić information content (AvgIpc) is 3.65. The van der Waals surface area contributed by atoms with Gasteiger partial charge in [-0.25, -0.2) is 23.5 Å². The van der Waals surface area contributed by atoms with Crippen molar-refractivity contribution in [2.45, 2.75) is 73.0 Å². The molecule has 4 heterocycles. The van der Waals surface area contributed by atoms with Crippen molar-refractivity contribution in [3.8, 4) is 0 Å². The van der Waals surface area contributed by atoms with Gasteiger partial charge in [0, 0.05) is 23.2 Å². The van der Waals surface area contributed by atoms with Crippen LogP contribution in [-0.2, 0) is 35.0 Å². The summed E-state index contributed by atoms with van der Waals surface area (Å²) in [6.07, 6.45) is 2.10. The quantitative estimate of drug-likeness (QED) is 0.0971. The van der Waals surface area contributed by atoms with Gasteiger partial charge in [0.1, 0.15) is 20.9 Å². The van der Waals surface area contributed by atoms with E-state index in [1.165, 1.54) is 38.0 Å². The first-order valence-corrected chi connectivity index (χ1v) is 15.3. The van der Waals surface area contributed by atoms with Crippen molar-refractivity contribution in [2.75, 3.05) is 13.2 Å². The maximum Gasteiger partial charge on any atom is 0.419 e. The summed E-state index contributed by atoms with van der Waals surface area (Å²) in [5.74, 6) is -2.00. The number of carbonyl (C=O) groups excluding carboxylic acids is 5. The van der Waals surface area contributed by atoms with Crippen LogP contribution < -0.4 is 0 Å². The van der Waals surface area contributed by atoms with Crippen molar-refractivity contribution >= 4 is 73.0 Å². The maximum atomic E-state index is 12.2. The molecule has 4 aromatic rings. The molecule has 11 nitrogen and oxygen atoms in total. The molecule has 0 spiro atoms. The molecule has 0 aliphatic rings. The molecule has 0 unspecified atom stereocenters. The molecule has 0 aliphatic heterocycles. The third-order valence-electron chi connectivity index (χ3n) is 5.43. The van der Waals surface area contributed by atoms with E-state index in [0.29, 0.717) is 16.8 Å². The molecule has 0 N–H and O–H groups in total. The minimum absolute atomic E-state index is 0.115. The summed E-state index contributed by atoms with van der Waals surface area (Å²) >= 11 is 2.73. The fourth-order valence-electron chi connectivity index (χ4n) is 3.86. The van der Waals surface area contributed by atoms with Gasteiger partial charge in [0.2, 0.25) is 0 Å². The van der Waals surface area contributed by atoms with Crippen molar-refractivity contribution in [3.63, 3.8) is 0 Å². The molecular formula is C30H36N2O9S2. The summed E-state index contributed by atoms with van der Waals surface area (Å²) in [5.41, 5.74) is -0.307. The van der Waals surface area contributed by atoms with Crippen LogP contribution in [0.3, 0.4) is 0 Å². The van der Waals surface area contributed by atoms with E-state index < -0.39 is 35.1 Å². The Kier molecular flexibility index (Phi) is 10.6. The van der Waals surface area contributed by atoms with Gasteiger partial charge in [-0.1, -0.05) is 0 Å². The van der Waals surface area contributed by atoms with Crippen molar-refractivity contribution in [3.05, 3.63) is 46.4 Å². The number of rotatable bonds is 6. The van der Waals surface area contributed by atoms with Crippen LogP contribution in [0.4, 0.5) is 9.59 Å². The first-order chi connectivity index (χ1) is 20.1. The van der Waals surface area contributed by atoms with Gasteiger partial charge in [0.15, 0.2) is 0 Å². The largest absolute Gasteiger partial charge is 0.466 e. The van der Waals surface area contributed by atoms with E-state index in [0.717, 1.165) is 15.8 Å². The van der Waals surface area contributed by atoms with Gasteiger partial charge in [-0.15, -0.1) is 22.7 Å². The number of hydrogen-bond donors (Lipinski definition) is 0. The van der Waals surface area contributed by atoms with Crippen LogP contribution >= 0.6 is 22.7 Å². The highest BCUT2D eigenvalue weighted by atomic mass is 32.1. The summed E-state index contributed by atoms with van der Waals surface area (Å²) in [6.45, 7) is 14.6. The third kappa shape index (κ3) is 8.54. The Hall–Kier alpha value is -3.97. The molecular weight excluding hydrogens is 596 g/mol. The summed E-state index contributed by atoms with van der Waals surface area (Å²) in [6, 6.07) is 3.59. The Morgan fingerprint density at radius 3 is 1.72 bits per heavy atom. The van der Waals surface area contributed by atoms with Crippen LogP contribution in [0.1, 0.15) is 71.3 Å². The highest BCUT2D eigenvalue weighted by molar-refractivity contribution is 7.17. The number of ketones is 1. The lowest BCUT2D eigenvalue weighted by Gasteiger charge is -2.19. The van der Waals surface area contributed by atoms with Crippen LogP contribution in [0.2, 0.25) is 0 Å². The molecule has 0 bridgehead atoms. The molecule has 0 fully saturated rings. The Morgan fingerprint density at radius 1 is 0.721 bits per heavy atom. The number of ether oxygens (including phenoxy) is 4. The fraction of sp³-hybridized carbons (Fsp3) is 0.433. The second-order valence-electron chi connectivity index (χ2n) is 11.2. The lowest BCUT2D eigenvalue weighted by atomic mass is 10.1. The van der Waals surface area contributed by atoms with E-state index in [-0.39, 0.29) is 24.6 Å². The van der Waals surface area contributed by atoms with Gasteiger partial charge in [-0.2, -0.15) is 0 Å². The highest BCUT2D eigenvalue weighted by Crippen LogP contribution is 2.29. The SMILES string of the molecule is CCOC(=O)C(=O)c1cn(C(=O)OC(C)(C)C)c2sccc12.CCOC(=O)Cc1cn(C(=O)OC(C)(C)C)c2sccc12. The van der Waals surface area contributed by atoms with Crippen LogP contribution in [0.15, 0.2) is 35.3 Å². The van der Waals surface area contributed by atoms with Crippen LogP contribution in [-0.4, -0.2) is 63.5 Å². The van der Waals surface area contributed by atoms with Crippen LogP contribution in [0, 0.1) is 0 Å². The standard InChI is InChI=1S/C15H17NO5S.C15H19NO4S/c1-5-20-13(18)11(17)10-8-16(12-9(10)6-7-22-12)14(19)21-15(2,3)4;1-5-19-12(17)8-10-9-16(13-11(10)6-7-21-13)14(18)20-15(2,3)4/h6-8H,5H2,1-4H3;6-7,9H,5,8H2,1-4H3. The van der Waals surface area contributed by atoms with Gasteiger partial charge in [0.25, 0.3) is 5.78 Å². The summed E-state index contributed by atoms with van der Waals surface area (Å²) in [5, 5.41) is 5.06. The van der Waals surface area contributed by atoms with E-state index in [4.69, 9.17) is 18.9 Å². The summed E-state index contributed by atoms with van der Waals surface area (Å²) < 4.78 is 23.1. The van der Waals surface area contributed by atoms with Crippen LogP contribution in [0.5, 0.6) is 0 Å². The Morgan fingerprint density at radius 2 is 1.21 bits per heavy atom. The van der Waals surface area contributed by atoms with Crippen molar-refractivity contribution in [1.82, 2.24) is 9.13 Å². The predicted molar refractivity (Wildman–Crippen MR) is 164 cm³/mol. The van der Waals surface area contributed by atoms with Gasteiger partial charge < -0.3 is 18.9 Å². The van der Waals surface area contributed by atoms with Gasteiger partial charge in [-0.05, 0) is 83.8 Å². The highest BCUT2D eigenvalue weighted by Gasteiger charge is 2.27. The molecule has 0 radical (unpaired) electrons. The Bertz CT molecular complexity index is 1640. The number of hydrogen-bond acceptors (Lipinski definition) is 11. The molecule has 13 heteroatoms. The van der Waals surface area contributed by atoms with E-state index in [1.807, 2.05) is 32.2 Å². The molecule has 43 heavy (non-hydrogen) atoms. The second kappa shape index (κ2) is 13.6. The van der Waals surface area contributed by atoms with E-state index >= 15 is 0 Å². The smallest absolute Gasteiger partial charge is 0.419 e. The topological polar surface area (TPSA) is 132 Å². The molecule has 0 atom stereocenters. The first-order valence-electron chi connectivity index (χ1n) is 13.6. The minimum Gasteiger partial charge on any atom is -0.466 e. The van der Waals surface area contributed by atoms with E-state index in [9.17, 15) is 24.0 Å². The third-order valence-corrected chi connectivity index (χ3v) is 7.26. The minimum atomic E-state index is -0.933. The Labute approximate surface area is 257 Å². The summed E-state index contributed by atoms with van der Waals surface area (Å²) in [7, 11) is 0. The monoisotopic (exact) mass is 632 g/mol. The van der Waals surface area contributed by atoms with Crippen molar-refractivity contribution in [2.24, 2.45) is 0 Å². The zero-order valence-corrected chi connectivity index (χ0v) is 27.1. The normalized spacial score (nSPS) is 11.5. The number of esters is 2. The van der Waals surface area contributed by atoms with Crippen LogP contribution in [0.25, 0.3) is 20.4 Å². The Balaban J connectivity index is 0.000000236. The van der Waals surface area contributed by atoms with E-state index in [1.54, 1.807) is 52.3 Å². The number of carbonyl (C=O) groups is 5.